The first-order chi connectivity index (χ1) is 21.4. The van der Waals surface area contributed by atoms with Crippen LogP contribution in [-0.4, -0.2) is 42.1 Å². The number of fused-ring (bicyclic) bond motifs is 2. The van der Waals surface area contributed by atoms with Gasteiger partial charge in [0.2, 0.25) is 5.91 Å². The Hall–Kier alpha value is -4.25. The van der Waals surface area contributed by atoms with Gasteiger partial charge in [0, 0.05) is 26.4 Å². The van der Waals surface area contributed by atoms with Crippen molar-refractivity contribution in [3.8, 4) is 11.1 Å². The maximum Gasteiger partial charge on any atom is 0.341 e. The zero-order valence-corrected chi connectivity index (χ0v) is 26.4. The summed E-state index contributed by atoms with van der Waals surface area (Å²) in [6.45, 7) is 2.00. The van der Waals surface area contributed by atoms with Crippen molar-refractivity contribution >= 4 is 69.1 Å². The molecule has 0 saturated carbocycles. The van der Waals surface area contributed by atoms with Crippen LogP contribution in [-0.2, 0) is 9.53 Å². The highest BCUT2D eigenvalue weighted by Gasteiger charge is 2.36. The number of nitrogens with one attached hydrogen (secondary N) is 2. The Kier molecular flexibility index (Phi) is 8.92. The van der Waals surface area contributed by atoms with E-state index in [2.05, 4.69) is 22.8 Å². The van der Waals surface area contributed by atoms with Gasteiger partial charge in [0.15, 0.2) is 0 Å². The number of ether oxygens (including phenoxy) is 1. The average Bonchev–Trinajstić information content (AvgIpc) is 3.45. The van der Waals surface area contributed by atoms with Crippen molar-refractivity contribution in [3.05, 3.63) is 114 Å². The fraction of sp³-hybridized carbons (Fsp3) is 0.147. The average molecular weight is 640 g/mol. The molecule has 1 aromatic heterocycles. The number of anilines is 3. The number of hydrogen-bond acceptors (Lipinski definition) is 7. The van der Waals surface area contributed by atoms with Crippen LogP contribution < -0.4 is 15.5 Å². The molecule has 44 heavy (non-hydrogen) atoms. The molecule has 2 atom stereocenters. The molecule has 2 heterocycles. The summed E-state index contributed by atoms with van der Waals surface area (Å²) in [4.78, 5) is 43.0. The first kappa shape index (κ1) is 29.8. The summed E-state index contributed by atoms with van der Waals surface area (Å²) in [5.41, 5.74) is 4.56. The topological polar surface area (TPSA) is 87.7 Å². The molecule has 3 amide bonds. The van der Waals surface area contributed by atoms with Crippen molar-refractivity contribution in [2.45, 2.75) is 28.0 Å². The maximum absolute atomic E-state index is 13.6. The fourth-order valence-electron chi connectivity index (χ4n) is 5.08. The molecule has 3 aromatic carbocycles. The summed E-state index contributed by atoms with van der Waals surface area (Å²) >= 11 is 4.39. The number of benzene rings is 3. The lowest BCUT2D eigenvalue weighted by Crippen LogP contribution is -2.49. The third-order valence-electron chi connectivity index (χ3n) is 7.21. The van der Waals surface area contributed by atoms with E-state index >= 15 is 0 Å². The molecule has 4 aromatic rings. The maximum atomic E-state index is 13.6. The molecule has 7 nitrogen and oxygen atoms in total. The second-order valence-electron chi connectivity index (χ2n) is 10.2. The molecule has 0 saturated heterocycles. The number of esters is 1. The van der Waals surface area contributed by atoms with Crippen LogP contribution in [0, 0.1) is 6.92 Å². The number of thiophene rings is 1. The minimum atomic E-state index is -0.505. The van der Waals surface area contributed by atoms with Crippen molar-refractivity contribution < 1.29 is 19.1 Å². The molecule has 0 spiro atoms. The summed E-state index contributed by atoms with van der Waals surface area (Å²) in [7, 11) is 1.33. The summed E-state index contributed by atoms with van der Waals surface area (Å²) in [6, 6.07) is 22.9. The quantitative estimate of drug-likeness (QED) is 0.156. The zero-order valence-electron chi connectivity index (χ0n) is 24.0. The normalized spacial score (nSPS) is 16.5. The smallest absolute Gasteiger partial charge is 0.341 e. The molecule has 1 aliphatic heterocycles. The molecular formula is C34H29N3O4S3. The molecule has 0 radical (unpaired) electrons. The Bertz CT molecular complexity index is 1780. The summed E-state index contributed by atoms with van der Waals surface area (Å²) in [5.74, 6) is -0.639. The number of para-hydroxylation sites is 1. The third-order valence-corrected chi connectivity index (χ3v) is 10.4. The van der Waals surface area contributed by atoms with E-state index in [9.17, 15) is 14.4 Å². The number of nitrogens with zero attached hydrogens (tertiary/aromatic N) is 1. The Morgan fingerprint density at radius 2 is 1.75 bits per heavy atom. The first-order valence-electron chi connectivity index (χ1n) is 13.9. The predicted molar refractivity (Wildman–Crippen MR) is 181 cm³/mol. The van der Waals surface area contributed by atoms with Gasteiger partial charge in [0.1, 0.15) is 10.6 Å². The number of amides is 3. The number of rotatable bonds is 7. The van der Waals surface area contributed by atoms with E-state index in [4.69, 9.17) is 4.74 Å². The Balaban J connectivity index is 1.13. The molecule has 2 aliphatic rings. The molecule has 0 fully saturated rings. The zero-order chi connectivity index (χ0) is 30.6. The van der Waals surface area contributed by atoms with Gasteiger partial charge in [-0.1, -0.05) is 72.3 Å². The molecule has 10 heteroatoms. The second kappa shape index (κ2) is 13.2. The van der Waals surface area contributed by atoms with E-state index in [0.717, 1.165) is 26.6 Å². The molecular weight excluding hydrogens is 611 g/mol. The van der Waals surface area contributed by atoms with Crippen LogP contribution in [0.5, 0.6) is 0 Å². The second-order valence-corrected chi connectivity index (χ2v) is 13.3. The van der Waals surface area contributed by atoms with Gasteiger partial charge in [-0.25, -0.2) is 9.59 Å². The van der Waals surface area contributed by atoms with Crippen LogP contribution in [0.25, 0.3) is 11.1 Å². The molecule has 222 valence electrons. The largest absolute Gasteiger partial charge is 0.465 e. The van der Waals surface area contributed by atoms with Gasteiger partial charge in [-0.2, -0.15) is 0 Å². The van der Waals surface area contributed by atoms with E-state index in [0.29, 0.717) is 21.8 Å². The van der Waals surface area contributed by atoms with Crippen LogP contribution in [0.2, 0.25) is 0 Å². The van der Waals surface area contributed by atoms with Gasteiger partial charge < -0.3 is 15.4 Å². The van der Waals surface area contributed by atoms with Crippen molar-refractivity contribution in [1.82, 2.24) is 0 Å². The SMILES string of the molecule is COC(=O)c1c(-c2ccc(C)cc2)csc1NC(=O)CSc1cccc(NC(=O)N2c3ccccc3SC3C=CC=CC32)c1. The van der Waals surface area contributed by atoms with Gasteiger partial charge in [-0.05, 0) is 42.8 Å². The number of methoxy groups -OCH3 is 1. The third kappa shape index (κ3) is 6.33. The molecule has 0 bridgehead atoms. The Morgan fingerprint density at radius 1 is 0.955 bits per heavy atom. The summed E-state index contributed by atoms with van der Waals surface area (Å²) in [6.07, 6.45) is 8.18. The highest BCUT2D eigenvalue weighted by atomic mass is 32.2. The van der Waals surface area contributed by atoms with Crippen LogP contribution in [0.4, 0.5) is 21.2 Å². The van der Waals surface area contributed by atoms with E-state index in [1.165, 1.54) is 30.2 Å². The Labute approximate surface area is 268 Å². The Morgan fingerprint density at radius 3 is 2.57 bits per heavy atom. The predicted octanol–water partition coefficient (Wildman–Crippen LogP) is 8.25. The molecule has 2 N–H and O–H groups in total. The monoisotopic (exact) mass is 639 g/mol. The van der Waals surface area contributed by atoms with E-state index in [1.54, 1.807) is 11.8 Å². The minimum absolute atomic E-state index is 0.0974. The molecule has 2 unspecified atom stereocenters. The number of aryl methyl sites for hydroxylation is 1. The standard InChI is InChI=1S/C34H29N3O4S3/c1-21-14-16-22(17-15-21)25-19-43-32(31(25)33(39)41-2)36-30(38)20-42-24-9-7-8-23(18-24)35-34(40)37-26-10-3-5-12-28(26)44-29-13-6-4-11-27(29)37/h3-19,26,28H,20H2,1-2H3,(H,35,40)(H,36,38). The van der Waals surface area contributed by atoms with E-state index in [1.807, 2.05) is 102 Å². The van der Waals surface area contributed by atoms with E-state index in [-0.39, 0.29) is 29.0 Å². The summed E-state index contributed by atoms with van der Waals surface area (Å²) in [5, 5.41) is 8.39. The highest BCUT2D eigenvalue weighted by molar-refractivity contribution is 8.00. The van der Waals surface area contributed by atoms with Crippen LogP contribution in [0.15, 0.2) is 112 Å². The number of hydrogen-bond donors (Lipinski definition) is 2. The number of carbonyl (C=O) groups excluding carboxylic acids is 3. The molecule has 6 rings (SSSR count). The number of carbonyl (C=O) groups is 3. The van der Waals surface area contributed by atoms with E-state index < -0.39 is 5.97 Å². The van der Waals surface area contributed by atoms with Gasteiger partial charge in [0.05, 0.1) is 29.8 Å². The van der Waals surface area contributed by atoms with Crippen LogP contribution >= 0.6 is 34.9 Å². The van der Waals surface area contributed by atoms with Gasteiger partial charge in [-0.15, -0.1) is 34.9 Å². The lowest BCUT2D eigenvalue weighted by molar-refractivity contribution is -0.113. The first-order valence-corrected chi connectivity index (χ1v) is 16.7. The highest BCUT2D eigenvalue weighted by Crippen LogP contribution is 2.44. The van der Waals surface area contributed by atoms with Crippen molar-refractivity contribution in [3.63, 3.8) is 0 Å². The lowest BCUT2D eigenvalue weighted by Gasteiger charge is -2.40. The van der Waals surface area contributed by atoms with Gasteiger partial charge in [-0.3, -0.25) is 9.69 Å². The molecule has 1 aliphatic carbocycles. The van der Waals surface area contributed by atoms with Crippen molar-refractivity contribution in [2.24, 2.45) is 0 Å². The minimum Gasteiger partial charge on any atom is -0.465 e. The van der Waals surface area contributed by atoms with Crippen LogP contribution in [0.3, 0.4) is 0 Å². The number of allylic oxidation sites excluding steroid dienone is 2. The number of thioether (sulfide) groups is 2. The van der Waals surface area contributed by atoms with Crippen molar-refractivity contribution in [1.29, 1.82) is 0 Å². The summed E-state index contributed by atoms with van der Waals surface area (Å²) < 4.78 is 5.03. The van der Waals surface area contributed by atoms with Crippen molar-refractivity contribution in [2.75, 3.05) is 28.4 Å². The van der Waals surface area contributed by atoms with Gasteiger partial charge >= 0.3 is 12.0 Å². The number of urea groups is 1. The van der Waals surface area contributed by atoms with Crippen LogP contribution in [0.1, 0.15) is 15.9 Å². The van der Waals surface area contributed by atoms with Gasteiger partial charge in [0.25, 0.3) is 0 Å². The lowest BCUT2D eigenvalue weighted by atomic mass is 10.0. The fourth-order valence-corrected chi connectivity index (χ4v) is 8.07.